The Morgan fingerprint density at radius 2 is 1.68 bits per heavy atom. The molecule has 2 rings (SSSR count). The summed E-state index contributed by atoms with van der Waals surface area (Å²) in [5.41, 5.74) is 1.92. The Kier molecular flexibility index (Phi) is 5.37. The Balaban J connectivity index is 2.14. The molecule has 0 unspecified atom stereocenters. The minimum atomic E-state index is 0.757. The summed E-state index contributed by atoms with van der Waals surface area (Å²) in [6.45, 7) is 4.44. The van der Waals surface area contributed by atoms with Gasteiger partial charge in [0.1, 0.15) is 5.82 Å². The molecular weight excluding hydrogens is 236 g/mol. The van der Waals surface area contributed by atoms with Crippen molar-refractivity contribution in [2.45, 2.75) is 65.2 Å². The Morgan fingerprint density at radius 3 is 2.42 bits per heavy atom. The summed E-state index contributed by atoms with van der Waals surface area (Å²) in [6.07, 6.45) is 11.0. The largest absolute Gasteiger partial charge is 0.446 e. The predicted molar refractivity (Wildman–Crippen MR) is 78.3 cm³/mol. The van der Waals surface area contributed by atoms with E-state index in [0.717, 1.165) is 36.2 Å². The molecule has 19 heavy (non-hydrogen) atoms. The van der Waals surface area contributed by atoms with Crippen LogP contribution in [0.25, 0.3) is 11.1 Å². The molecule has 0 N–H and O–H groups in total. The molecule has 2 heterocycles. The lowest BCUT2D eigenvalue weighted by Crippen LogP contribution is -2.01. The standard InChI is InChI=1S/C16H24N2O/c1-3-5-7-9-14-13-11-12-19-16(13)18-15(17-14)10-8-6-4-2/h11-12H,3-10H2,1-2H3. The van der Waals surface area contributed by atoms with Crippen molar-refractivity contribution < 1.29 is 4.42 Å². The lowest BCUT2D eigenvalue weighted by Gasteiger charge is -2.05. The van der Waals surface area contributed by atoms with Gasteiger partial charge in [0, 0.05) is 6.42 Å². The number of fused-ring (bicyclic) bond motifs is 1. The molecule has 3 heteroatoms. The average molecular weight is 260 g/mol. The first-order chi connectivity index (χ1) is 9.35. The van der Waals surface area contributed by atoms with Crippen molar-refractivity contribution in [2.75, 3.05) is 0 Å². The molecule has 2 aromatic rings. The molecular formula is C16H24N2O. The van der Waals surface area contributed by atoms with E-state index in [1.807, 2.05) is 6.07 Å². The van der Waals surface area contributed by atoms with Gasteiger partial charge in [-0.1, -0.05) is 39.5 Å². The summed E-state index contributed by atoms with van der Waals surface area (Å²) in [5, 5.41) is 1.09. The fourth-order valence-corrected chi connectivity index (χ4v) is 2.34. The molecule has 0 amide bonds. The monoisotopic (exact) mass is 260 g/mol. The van der Waals surface area contributed by atoms with Crippen molar-refractivity contribution in [2.24, 2.45) is 0 Å². The third kappa shape index (κ3) is 3.79. The van der Waals surface area contributed by atoms with Crippen molar-refractivity contribution in [1.82, 2.24) is 9.97 Å². The molecule has 0 spiro atoms. The van der Waals surface area contributed by atoms with Crippen LogP contribution in [0.1, 0.15) is 63.9 Å². The second kappa shape index (κ2) is 7.27. The van der Waals surface area contributed by atoms with E-state index in [-0.39, 0.29) is 0 Å². The van der Waals surface area contributed by atoms with Crippen LogP contribution in [0.15, 0.2) is 16.7 Å². The minimum absolute atomic E-state index is 0.757. The summed E-state index contributed by atoms with van der Waals surface area (Å²) in [6, 6.07) is 1.99. The van der Waals surface area contributed by atoms with Crippen molar-refractivity contribution in [3.8, 4) is 0 Å². The third-order valence-corrected chi connectivity index (χ3v) is 3.47. The molecule has 0 bridgehead atoms. The number of aromatic nitrogens is 2. The van der Waals surface area contributed by atoms with Gasteiger partial charge in [0.15, 0.2) is 0 Å². The summed E-state index contributed by atoms with van der Waals surface area (Å²) in [4.78, 5) is 9.26. The van der Waals surface area contributed by atoms with E-state index in [0.29, 0.717) is 0 Å². The van der Waals surface area contributed by atoms with Gasteiger partial charge >= 0.3 is 0 Å². The van der Waals surface area contributed by atoms with Crippen LogP contribution in [0.2, 0.25) is 0 Å². The highest BCUT2D eigenvalue weighted by Gasteiger charge is 2.09. The van der Waals surface area contributed by atoms with Gasteiger partial charge in [0.05, 0.1) is 17.3 Å². The van der Waals surface area contributed by atoms with E-state index in [2.05, 4.69) is 18.8 Å². The van der Waals surface area contributed by atoms with E-state index in [4.69, 9.17) is 9.40 Å². The summed E-state index contributed by atoms with van der Waals surface area (Å²) < 4.78 is 5.46. The lowest BCUT2D eigenvalue weighted by atomic mass is 10.1. The van der Waals surface area contributed by atoms with Crippen molar-refractivity contribution >= 4 is 11.1 Å². The minimum Gasteiger partial charge on any atom is -0.446 e. The van der Waals surface area contributed by atoms with Gasteiger partial charge in [-0.25, -0.2) is 4.98 Å². The topological polar surface area (TPSA) is 38.9 Å². The van der Waals surface area contributed by atoms with Crippen LogP contribution >= 0.6 is 0 Å². The Morgan fingerprint density at radius 1 is 0.947 bits per heavy atom. The van der Waals surface area contributed by atoms with Gasteiger partial charge in [-0.15, -0.1) is 0 Å². The second-order valence-electron chi connectivity index (χ2n) is 5.14. The summed E-state index contributed by atoms with van der Waals surface area (Å²) in [7, 11) is 0. The smallest absolute Gasteiger partial charge is 0.229 e. The van der Waals surface area contributed by atoms with E-state index >= 15 is 0 Å². The molecule has 0 atom stereocenters. The van der Waals surface area contributed by atoms with Gasteiger partial charge in [-0.2, -0.15) is 4.98 Å². The quantitative estimate of drug-likeness (QED) is 0.646. The lowest BCUT2D eigenvalue weighted by molar-refractivity contribution is 0.595. The first-order valence-corrected chi connectivity index (χ1v) is 7.58. The zero-order valence-electron chi connectivity index (χ0n) is 12.1. The molecule has 0 saturated carbocycles. The van der Waals surface area contributed by atoms with Crippen molar-refractivity contribution in [1.29, 1.82) is 0 Å². The summed E-state index contributed by atoms with van der Waals surface area (Å²) >= 11 is 0. The number of rotatable bonds is 8. The van der Waals surface area contributed by atoms with Crippen LogP contribution in [0, 0.1) is 0 Å². The molecule has 3 nitrogen and oxygen atoms in total. The molecule has 0 aliphatic carbocycles. The van der Waals surface area contributed by atoms with Gasteiger partial charge in [0.2, 0.25) is 5.71 Å². The fourth-order valence-electron chi connectivity index (χ4n) is 2.34. The normalized spacial score (nSPS) is 11.3. The van der Waals surface area contributed by atoms with Crippen LogP contribution in [0.3, 0.4) is 0 Å². The third-order valence-electron chi connectivity index (χ3n) is 3.47. The first-order valence-electron chi connectivity index (χ1n) is 7.58. The zero-order chi connectivity index (χ0) is 13.5. The molecule has 2 aromatic heterocycles. The highest BCUT2D eigenvalue weighted by Crippen LogP contribution is 2.19. The number of hydrogen-bond donors (Lipinski definition) is 0. The molecule has 0 saturated heterocycles. The molecule has 0 aliphatic heterocycles. The van der Waals surface area contributed by atoms with E-state index in [9.17, 15) is 0 Å². The van der Waals surface area contributed by atoms with Crippen LogP contribution in [-0.2, 0) is 12.8 Å². The fraction of sp³-hybridized carbons (Fsp3) is 0.625. The number of unbranched alkanes of at least 4 members (excludes halogenated alkanes) is 4. The molecule has 0 radical (unpaired) electrons. The van der Waals surface area contributed by atoms with Gasteiger partial charge in [0.25, 0.3) is 0 Å². The Hall–Kier alpha value is -1.38. The number of aryl methyl sites for hydroxylation is 2. The number of nitrogens with zero attached hydrogens (tertiary/aromatic N) is 2. The van der Waals surface area contributed by atoms with Crippen LogP contribution in [0.5, 0.6) is 0 Å². The van der Waals surface area contributed by atoms with Gasteiger partial charge in [-0.3, -0.25) is 0 Å². The first kappa shape index (κ1) is 14.0. The SMILES string of the molecule is CCCCCc1nc(CCCCC)c2ccoc2n1. The average Bonchev–Trinajstić information content (AvgIpc) is 2.88. The highest BCUT2D eigenvalue weighted by atomic mass is 16.3. The zero-order valence-corrected chi connectivity index (χ0v) is 12.1. The molecule has 0 aliphatic rings. The van der Waals surface area contributed by atoms with Gasteiger partial charge in [-0.05, 0) is 25.3 Å². The Bertz CT molecular complexity index is 504. The van der Waals surface area contributed by atoms with Crippen LogP contribution < -0.4 is 0 Å². The molecule has 0 fully saturated rings. The van der Waals surface area contributed by atoms with Crippen molar-refractivity contribution in [3.05, 3.63) is 23.8 Å². The maximum Gasteiger partial charge on any atom is 0.229 e. The maximum atomic E-state index is 5.46. The van der Waals surface area contributed by atoms with E-state index < -0.39 is 0 Å². The molecule has 0 aromatic carbocycles. The molecule has 104 valence electrons. The summed E-state index contributed by atoms with van der Waals surface area (Å²) in [5.74, 6) is 0.947. The van der Waals surface area contributed by atoms with E-state index in [1.165, 1.54) is 37.8 Å². The maximum absolute atomic E-state index is 5.46. The predicted octanol–water partition coefficient (Wildman–Crippen LogP) is 4.69. The highest BCUT2D eigenvalue weighted by molar-refractivity contribution is 5.75. The van der Waals surface area contributed by atoms with E-state index in [1.54, 1.807) is 6.26 Å². The Labute approximate surface area is 115 Å². The van der Waals surface area contributed by atoms with Crippen LogP contribution in [-0.4, -0.2) is 9.97 Å². The number of furan rings is 1. The van der Waals surface area contributed by atoms with Crippen molar-refractivity contribution in [3.63, 3.8) is 0 Å². The van der Waals surface area contributed by atoms with Gasteiger partial charge < -0.3 is 4.42 Å². The second-order valence-corrected chi connectivity index (χ2v) is 5.14. The number of hydrogen-bond acceptors (Lipinski definition) is 3. The van der Waals surface area contributed by atoms with Crippen LogP contribution in [0.4, 0.5) is 0 Å².